The van der Waals surface area contributed by atoms with E-state index in [0.717, 1.165) is 0 Å². The van der Waals surface area contributed by atoms with Crippen molar-refractivity contribution in [3.63, 3.8) is 0 Å². The van der Waals surface area contributed by atoms with Crippen LogP contribution in [0.25, 0.3) is 11.1 Å². The first-order chi connectivity index (χ1) is 10.9. The first-order valence-electron chi connectivity index (χ1n) is 6.87. The first-order valence-corrected chi connectivity index (χ1v) is 6.87. The van der Waals surface area contributed by atoms with Crippen LogP contribution in [0.2, 0.25) is 0 Å². The molecule has 0 radical (unpaired) electrons. The summed E-state index contributed by atoms with van der Waals surface area (Å²) in [5.41, 5.74) is 7.25. The van der Waals surface area contributed by atoms with E-state index in [1.165, 1.54) is 36.4 Å². The second-order valence-corrected chi connectivity index (χ2v) is 5.03. The van der Waals surface area contributed by atoms with E-state index < -0.39 is 23.8 Å². The number of carboxylic acid groups (broad SMARTS) is 1. The second kappa shape index (κ2) is 6.91. The zero-order chi connectivity index (χ0) is 17.0. The molecule has 2 aromatic rings. The molecule has 23 heavy (non-hydrogen) atoms. The molecule has 2 aromatic carbocycles. The summed E-state index contributed by atoms with van der Waals surface area (Å²) in [6.07, 6.45) is 0.586. The molecule has 0 saturated heterocycles. The Morgan fingerprint density at radius 3 is 2.65 bits per heavy atom. The highest BCUT2D eigenvalue weighted by molar-refractivity contribution is 5.77. The Balaban J connectivity index is 2.51. The van der Waals surface area contributed by atoms with E-state index in [0.29, 0.717) is 22.4 Å². The minimum Gasteiger partial charge on any atom is -0.465 e. The Morgan fingerprint density at radius 2 is 2.00 bits per heavy atom. The van der Waals surface area contributed by atoms with E-state index >= 15 is 0 Å². The van der Waals surface area contributed by atoms with Gasteiger partial charge in [0.15, 0.2) is 0 Å². The molecule has 0 aliphatic rings. The molecular formula is C17H16F2N2O2. The van der Waals surface area contributed by atoms with Crippen molar-refractivity contribution >= 4 is 11.8 Å². The van der Waals surface area contributed by atoms with Crippen molar-refractivity contribution < 1.29 is 18.7 Å². The molecule has 4 nitrogen and oxygen atoms in total. The van der Waals surface area contributed by atoms with Crippen LogP contribution in [0, 0.1) is 11.6 Å². The first kappa shape index (κ1) is 16.5. The Hall–Kier alpha value is -2.89. The summed E-state index contributed by atoms with van der Waals surface area (Å²) in [5, 5.41) is 11.2. The highest BCUT2D eigenvalue weighted by atomic mass is 19.1. The number of carbonyl (C=O) groups is 1. The van der Waals surface area contributed by atoms with Crippen LogP contribution >= 0.6 is 0 Å². The van der Waals surface area contributed by atoms with Crippen molar-refractivity contribution in [2.45, 2.75) is 12.5 Å². The molecule has 0 bridgehead atoms. The SMILES string of the molecule is C=CCC(NC(=O)O)c1cc(F)cc(-c2cc(F)ccc2N)c1. The van der Waals surface area contributed by atoms with Gasteiger partial charge in [0.05, 0.1) is 6.04 Å². The third-order valence-corrected chi connectivity index (χ3v) is 3.35. The summed E-state index contributed by atoms with van der Waals surface area (Å²) < 4.78 is 27.4. The van der Waals surface area contributed by atoms with Crippen LogP contribution in [0.1, 0.15) is 18.0 Å². The average Bonchev–Trinajstić information content (AvgIpc) is 2.48. The largest absolute Gasteiger partial charge is 0.465 e. The van der Waals surface area contributed by atoms with Gasteiger partial charge in [-0.15, -0.1) is 6.58 Å². The number of nitrogens with one attached hydrogen (secondary N) is 1. The molecule has 0 saturated carbocycles. The van der Waals surface area contributed by atoms with Crippen molar-refractivity contribution in [1.29, 1.82) is 0 Å². The molecule has 6 heteroatoms. The lowest BCUT2D eigenvalue weighted by atomic mass is 9.96. The van der Waals surface area contributed by atoms with Crippen molar-refractivity contribution in [3.8, 4) is 11.1 Å². The maximum Gasteiger partial charge on any atom is 0.405 e. The third kappa shape index (κ3) is 4.06. The fourth-order valence-corrected chi connectivity index (χ4v) is 2.34. The molecular weight excluding hydrogens is 302 g/mol. The van der Waals surface area contributed by atoms with Gasteiger partial charge in [0.2, 0.25) is 0 Å². The van der Waals surface area contributed by atoms with E-state index in [1.807, 2.05) is 0 Å². The minimum atomic E-state index is -1.23. The van der Waals surface area contributed by atoms with Crippen LogP contribution in [0.4, 0.5) is 19.3 Å². The number of hydrogen-bond acceptors (Lipinski definition) is 2. The van der Waals surface area contributed by atoms with E-state index in [9.17, 15) is 13.6 Å². The van der Waals surface area contributed by atoms with E-state index in [1.54, 1.807) is 6.07 Å². The highest BCUT2D eigenvalue weighted by Crippen LogP contribution is 2.30. The molecule has 0 fully saturated rings. The van der Waals surface area contributed by atoms with Crippen molar-refractivity contribution in [1.82, 2.24) is 5.32 Å². The highest BCUT2D eigenvalue weighted by Gasteiger charge is 2.16. The normalized spacial score (nSPS) is 11.7. The van der Waals surface area contributed by atoms with Crippen LogP contribution in [0.5, 0.6) is 0 Å². The number of anilines is 1. The zero-order valence-electron chi connectivity index (χ0n) is 12.2. The second-order valence-electron chi connectivity index (χ2n) is 5.03. The van der Waals surface area contributed by atoms with Crippen LogP contribution in [-0.2, 0) is 0 Å². The number of halogens is 2. The van der Waals surface area contributed by atoms with Gasteiger partial charge in [0.25, 0.3) is 0 Å². The van der Waals surface area contributed by atoms with Gasteiger partial charge < -0.3 is 16.2 Å². The molecule has 1 amide bonds. The van der Waals surface area contributed by atoms with Gasteiger partial charge in [0.1, 0.15) is 11.6 Å². The summed E-state index contributed by atoms with van der Waals surface area (Å²) >= 11 is 0. The average molecular weight is 318 g/mol. The lowest BCUT2D eigenvalue weighted by Crippen LogP contribution is -2.26. The van der Waals surface area contributed by atoms with Crippen LogP contribution < -0.4 is 11.1 Å². The Labute approximate surface area is 132 Å². The maximum atomic E-state index is 13.9. The van der Waals surface area contributed by atoms with Gasteiger partial charge in [0, 0.05) is 11.3 Å². The summed E-state index contributed by atoms with van der Waals surface area (Å²) in [6, 6.07) is 7.19. The molecule has 2 rings (SSSR count). The van der Waals surface area contributed by atoms with Gasteiger partial charge >= 0.3 is 6.09 Å². The van der Waals surface area contributed by atoms with Crippen molar-refractivity contribution in [2.75, 3.05) is 5.73 Å². The van der Waals surface area contributed by atoms with Gasteiger partial charge in [-0.05, 0) is 53.9 Å². The van der Waals surface area contributed by atoms with Crippen LogP contribution in [0.3, 0.4) is 0 Å². The van der Waals surface area contributed by atoms with E-state index in [-0.39, 0.29) is 6.42 Å². The quantitative estimate of drug-likeness (QED) is 0.574. The van der Waals surface area contributed by atoms with Crippen LogP contribution in [-0.4, -0.2) is 11.2 Å². The molecule has 0 aliphatic carbocycles. The lowest BCUT2D eigenvalue weighted by Gasteiger charge is -2.17. The summed E-state index contributed by atoms with van der Waals surface area (Å²) in [4.78, 5) is 10.9. The van der Waals surface area contributed by atoms with E-state index in [2.05, 4.69) is 11.9 Å². The topological polar surface area (TPSA) is 75.3 Å². The van der Waals surface area contributed by atoms with Gasteiger partial charge in [-0.3, -0.25) is 0 Å². The molecule has 0 spiro atoms. The van der Waals surface area contributed by atoms with E-state index in [4.69, 9.17) is 10.8 Å². The number of hydrogen-bond donors (Lipinski definition) is 3. The molecule has 4 N–H and O–H groups in total. The number of benzene rings is 2. The molecule has 1 atom stereocenters. The summed E-state index contributed by atoms with van der Waals surface area (Å²) in [6.45, 7) is 3.57. The Kier molecular flexibility index (Phi) is 4.95. The van der Waals surface area contributed by atoms with Gasteiger partial charge in [-0.25, -0.2) is 13.6 Å². The van der Waals surface area contributed by atoms with Gasteiger partial charge in [-0.1, -0.05) is 6.08 Å². The van der Waals surface area contributed by atoms with Crippen molar-refractivity contribution in [2.24, 2.45) is 0 Å². The van der Waals surface area contributed by atoms with Gasteiger partial charge in [-0.2, -0.15) is 0 Å². The standard InChI is InChI=1S/C17H16F2N2O2/c1-2-3-16(21-17(22)23)11-6-10(7-13(19)8-11)14-9-12(18)4-5-15(14)20/h2,4-9,16,21H,1,3,20H2,(H,22,23). The zero-order valence-corrected chi connectivity index (χ0v) is 12.2. The maximum absolute atomic E-state index is 13.9. The molecule has 0 heterocycles. The molecule has 0 aromatic heterocycles. The lowest BCUT2D eigenvalue weighted by molar-refractivity contribution is 0.190. The third-order valence-electron chi connectivity index (χ3n) is 3.35. The number of rotatable bonds is 5. The number of nitrogen functional groups attached to an aromatic ring is 1. The molecule has 1 unspecified atom stereocenters. The predicted octanol–water partition coefficient (Wildman–Crippen LogP) is 4.10. The minimum absolute atomic E-state index is 0.286. The number of nitrogens with two attached hydrogens (primary N) is 1. The Bertz CT molecular complexity index is 747. The van der Waals surface area contributed by atoms with Crippen LogP contribution in [0.15, 0.2) is 49.1 Å². The number of amides is 1. The monoisotopic (exact) mass is 318 g/mol. The summed E-state index contributed by atoms with van der Waals surface area (Å²) in [5.74, 6) is -1.06. The fraction of sp³-hybridized carbons (Fsp3) is 0.118. The summed E-state index contributed by atoms with van der Waals surface area (Å²) in [7, 11) is 0. The molecule has 0 aliphatic heterocycles. The fourth-order valence-electron chi connectivity index (χ4n) is 2.34. The Morgan fingerprint density at radius 1 is 1.26 bits per heavy atom. The molecule has 120 valence electrons. The van der Waals surface area contributed by atoms with Crippen molar-refractivity contribution in [3.05, 3.63) is 66.3 Å². The smallest absolute Gasteiger partial charge is 0.405 e. The predicted molar refractivity (Wildman–Crippen MR) is 84.9 cm³/mol.